The molecule has 0 atom stereocenters. The van der Waals surface area contributed by atoms with Crippen molar-refractivity contribution in [3.8, 4) is 0 Å². The van der Waals surface area contributed by atoms with Crippen molar-refractivity contribution in [2.45, 2.75) is 38.3 Å². The van der Waals surface area contributed by atoms with Crippen LogP contribution in [0.25, 0.3) is 0 Å². The van der Waals surface area contributed by atoms with E-state index >= 15 is 0 Å². The molecule has 0 saturated heterocycles. The van der Waals surface area contributed by atoms with Gasteiger partial charge in [0.05, 0.1) is 11.3 Å². The Morgan fingerprint density at radius 3 is 2.71 bits per heavy atom. The lowest BCUT2D eigenvalue weighted by molar-refractivity contribution is -0.136. The van der Waals surface area contributed by atoms with Crippen molar-refractivity contribution in [2.75, 3.05) is 17.2 Å². The number of allylic oxidation sites excluding steroid dienone is 1. The van der Waals surface area contributed by atoms with E-state index in [1.165, 1.54) is 42.8 Å². The Kier molecular flexibility index (Phi) is 6.34. The van der Waals surface area contributed by atoms with Crippen LogP contribution in [0.3, 0.4) is 0 Å². The summed E-state index contributed by atoms with van der Waals surface area (Å²) in [6.45, 7) is 0.730. The van der Waals surface area contributed by atoms with Gasteiger partial charge < -0.3 is 10.6 Å². The molecule has 28 heavy (non-hydrogen) atoms. The van der Waals surface area contributed by atoms with E-state index in [0.29, 0.717) is 5.69 Å². The van der Waals surface area contributed by atoms with Gasteiger partial charge in [0.25, 0.3) is 5.91 Å². The Labute approximate surface area is 161 Å². The summed E-state index contributed by atoms with van der Waals surface area (Å²) in [5, 5.41) is 5.56. The van der Waals surface area contributed by atoms with Crippen LogP contribution in [-0.2, 0) is 6.18 Å². The lowest BCUT2D eigenvalue weighted by Gasteiger charge is -2.14. The van der Waals surface area contributed by atoms with Gasteiger partial charge in [0, 0.05) is 18.4 Å². The number of amides is 1. The third-order valence-corrected chi connectivity index (χ3v) is 4.63. The maximum Gasteiger partial charge on any atom is 0.418 e. The predicted molar refractivity (Wildman–Crippen MR) is 103 cm³/mol. The molecular weight excluding hydrogens is 367 g/mol. The zero-order chi connectivity index (χ0) is 20.0. The molecule has 0 bridgehead atoms. The highest BCUT2D eigenvalue weighted by Crippen LogP contribution is 2.34. The topological polar surface area (TPSA) is 54.0 Å². The van der Waals surface area contributed by atoms with Crippen molar-refractivity contribution in [2.24, 2.45) is 0 Å². The summed E-state index contributed by atoms with van der Waals surface area (Å²) < 4.78 is 39.2. The first kappa shape index (κ1) is 19.9. The lowest BCUT2D eigenvalue weighted by atomic mass is 9.97. The van der Waals surface area contributed by atoms with Crippen LogP contribution in [0, 0.1) is 0 Å². The molecule has 0 aliphatic heterocycles. The Bertz CT molecular complexity index is 862. The van der Waals surface area contributed by atoms with E-state index in [1.807, 2.05) is 0 Å². The molecule has 2 aromatic rings. The van der Waals surface area contributed by atoms with Crippen molar-refractivity contribution in [3.63, 3.8) is 0 Å². The number of benzene rings is 1. The van der Waals surface area contributed by atoms with Gasteiger partial charge in [0.2, 0.25) is 0 Å². The third kappa shape index (κ3) is 5.34. The van der Waals surface area contributed by atoms with Gasteiger partial charge in [0.15, 0.2) is 0 Å². The Hall–Kier alpha value is -2.83. The summed E-state index contributed by atoms with van der Waals surface area (Å²) in [4.78, 5) is 16.4. The minimum Gasteiger partial charge on any atom is -0.385 e. The molecule has 148 valence electrons. The highest BCUT2D eigenvalue weighted by molar-refractivity contribution is 6.03. The molecule has 0 fully saturated rings. The number of alkyl halides is 3. The second-order valence-electron chi connectivity index (χ2n) is 6.71. The number of rotatable bonds is 6. The number of aromatic nitrogens is 1. The SMILES string of the molecule is O=C(Nc1ccccc1C(F)(F)F)c1cc(NCCC2=CCCCC2)ccn1. The molecular formula is C21H22F3N3O. The van der Waals surface area contributed by atoms with Crippen molar-refractivity contribution in [1.82, 2.24) is 4.98 Å². The smallest absolute Gasteiger partial charge is 0.385 e. The number of carbonyl (C=O) groups excluding carboxylic acids is 1. The number of hydrogen-bond acceptors (Lipinski definition) is 3. The van der Waals surface area contributed by atoms with Crippen molar-refractivity contribution < 1.29 is 18.0 Å². The summed E-state index contributed by atoms with van der Waals surface area (Å²) in [7, 11) is 0. The van der Waals surface area contributed by atoms with Gasteiger partial charge in [-0.2, -0.15) is 13.2 Å². The number of para-hydroxylation sites is 1. The second kappa shape index (κ2) is 8.91. The summed E-state index contributed by atoms with van der Waals surface area (Å²) in [5.74, 6) is -0.685. The molecule has 1 aliphatic rings. The Morgan fingerprint density at radius 1 is 1.14 bits per heavy atom. The average Bonchev–Trinajstić information content (AvgIpc) is 2.69. The largest absolute Gasteiger partial charge is 0.418 e. The summed E-state index contributed by atoms with van der Waals surface area (Å²) in [6.07, 6.45) is 4.87. The number of anilines is 2. The minimum absolute atomic E-state index is 0.0545. The predicted octanol–water partition coefficient (Wildman–Crippen LogP) is 5.66. The van der Waals surface area contributed by atoms with Crippen molar-refractivity contribution >= 4 is 17.3 Å². The van der Waals surface area contributed by atoms with Gasteiger partial charge in [-0.1, -0.05) is 23.8 Å². The molecule has 3 rings (SSSR count). The first-order chi connectivity index (χ1) is 13.4. The Balaban J connectivity index is 1.63. The molecule has 1 aliphatic carbocycles. The maximum atomic E-state index is 13.1. The molecule has 0 radical (unpaired) electrons. The van der Waals surface area contributed by atoms with Crippen LogP contribution in [-0.4, -0.2) is 17.4 Å². The number of halogens is 3. The van der Waals surface area contributed by atoms with Gasteiger partial charge >= 0.3 is 6.18 Å². The molecule has 1 aromatic heterocycles. The second-order valence-corrected chi connectivity index (χ2v) is 6.71. The summed E-state index contributed by atoms with van der Waals surface area (Å²) >= 11 is 0. The van der Waals surface area contributed by atoms with Crippen LogP contribution in [0.4, 0.5) is 24.5 Å². The van der Waals surface area contributed by atoms with Gasteiger partial charge in [-0.25, -0.2) is 0 Å². The van der Waals surface area contributed by atoms with E-state index < -0.39 is 17.6 Å². The fourth-order valence-electron chi connectivity index (χ4n) is 3.19. The van der Waals surface area contributed by atoms with E-state index in [2.05, 4.69) is 21.7 Å². The number of nitrogens with one attached hydrogen (secondary N) is 2. The molecule has 1 aromatic carbocycles. The third-order valence-electron chi connectivity index (χ3n) is 4.63. The molecule has 7 heteroatoms. The van der Waals surface area contributed by atoms with E-state index in [4.69, 9.17) is 0 Å². The van der Waals surface area contributed by atoms with E-state index in [0.717, 1.165) is 31.9 Å². The van der Waals surface area contributed by atoms with Gasteiger partial charge in [0.1, 0.15) is 5.69 Å². The minimum atomic E-state index is -4.55. The first-order valence-corrected chi connectivity index (χ1v) is 9.29. The van der Waals surface area contributed by atoms with E-state index in [1.54, 1.807) is 12.1 Å². The lowest BCUT2D eigenvalue weighted by Crippen LogP contribution is -2.18. The molecule has 2 N–H and O–H groups in total. The molecule has 4 nitrogen and oxygen atoms in total. The zero-order valence-corrected chi connectivity index (χ0v) is 15.4. The Morgan fingerprint density at radius 2 is 1.96 bits per heavy atom. The summed E-state index contributed by atoms with van der Waals surface area (Å²) in [5.41, 5.74) is 1.02. The van der Waals surface area contributed by atoms with Crippen LogP contribution in [0.5, 0.6) is 0 Å². The summed E-state index contributed by atoms with van der Waals surface area (Å²) in [6, 6.07) is 8.15. The van der Waals surface area contributed by atoms with Crippen LogP contribution in [0.15, 0.2) is 54.2 Å². The molecule has 1 amide bonds. The van der Waals surface area contributed by atoms with E-state index in [9.17, 15) is 18.0 Å². The average molecular weight is 389 g/mol. The van der Waals surface area contributed by atoms with E-state index in [-0.39, 0.29) is 11.4 Å². The molecule has 1 heterocycles. The fourth-order valence-corrected chi connectivity index (χ4v) is 3.19. The molecule has 0 spiro atoms. The molecule has 0 unspecified atom stereocenters. The van der Waals surface area contributed by atoms with Gasteiger partial charge in [-0.3, -0.25) is 9.78 Å². The quantitative estimate of drug-likeness (QED) is 0.627. The van der Waals surface area contributed by atoms with Crippen molar-refractivity contribution in [1.29, 1.82) is 0 Å². The van der Waals surface area contributed by atoms with Crippen LogP contribution in [0.1, 0.15) is 48.2 Å². The number of hydrogen-bond donors (Lipinski definition) is 2. The maximum absolute atomic E-state index is 13.1. The number of pyridine rings is 1. The number of nitrogens with zero attached hydrogens (tertiary/aromatic N) is 1. The number of carbonyl (C=O) groups is 1. The normalized spacial score (nSPS) is 14.3. The standard InChI is InChI=1S/C21H22F3N3O/c22-21(23,24)17-8-4-5-9-18(17)27-20(28)19-14-16(11-13-26-19)25-12-10-15-6-2-1-3-7-15/h4-6,8-9,11,13-14H,1-3,7,10,12H2,(H,25,26)(H,27,28). The first-order valence-electron chi connectivity index (χ1n) is 9.29. The van der Waals surface area contributed by atoms with Gasteiger partial charge in [-0.05, 0) is 56.4 Å². The zero-order valence-electron chi connectivity index (χ0n) is 15.4. The van der Waals surface area contributed by atoms with Crippen LogP contribution >= 0.6 is 0 Å². The highest BCUT2D eigenvalue weighted by Gasteiger charge is 2.33. The monoisotopic (exact) mass is 389 g/mol. The van der Waals surface area contributed by atoms with Crippen LogP contribution in [0.2, 0.25) is 0 Å². The van der Waals surface area contributed by atoms with Crippen molar-refractivity contribution in [3.05, 3.63) is 65.5 Å². The van der Waals surface area contributed by atoms with Crippen LogP contribution < -0.4 is 10.6 Å². The molecule has 0 saturated carbocycles. The van der Waals surface area contributed by atoms with Gasteiger partial charge in [-0.15, -0.1) is 0 Å². The fraction of sp³-hybridized carbons (Fsp3) is 0.333. The highest BCUT2D eigenvalue weighted by atomic mass is 19.4.